The van der Waals surface area contributed by atoms with Gasteiger partial charge in [0.15, 0.2) is 0 Å². The maximum atomic E-state index is 9.33. The van der Waals surface area contributed by atoms with Crippen molar-refractivity contribution >= 4 is 23.2 Å². The van der Waals surface area contributed by atoms with Crippen molar-refractivity contribution in [2.75, 3.05) is 13.2 Å². The van der Waals surface area contributed by atoms with Crippen LogP contribution in [0.1, 0.15) is 12.5 Å². The minimum atomic E-state index is -0.375. The minimum absolute atomic E-state index is 0. The molecule has 0 aliphatic carbocycles. The first-order valence-electron chi connectivity index (χ1n) is 6.68. The third kappa shape index (κ3) is 4.64. The highest BCUT2D eigenvalue weighted by Crippen LogP contribution is 2.28. The van der Waals surface area contributed by atoms with E-state index in [0.29, 0.717) is 13.1 Å². The standard InChI is InChI=1S/C17H19NO2.ClH/c1-3-10-20-17-9-8-14-6-4-5-7-15(14)16(17)12-18-11-13(2)19;/h1,4-9,13,18-19H,10-12H2,2H3;1H. The molecular formula is C17H20ClNO2. The van der Waals surface area contributed by atoms with E-state index in [9.17, 15) is 5.11 Å². The van der Waals surface area contributed by atoms with Crippen LogP contribution < -0.4 is 10.1 Å². The number of hydrogen-bond donors (Lipinski definition) is 2. The van der Waals surface area contributed by atoms with Crippen molar-refractivity contribution in [3.63, 3.8) is 0 Å². The highest BCUT2D eigenvalue weighted by Gasteiger charge is 2.08. The van der Waals surface area contributed by atoms with E-state index in [0.717, 1.165) is 22.1 Å². The predicted molar refractivity (Wildman–Crippen MR) is 88.9 cm³/mol. The largest absolute Gasteiger partial charge is 0.481 e. The van der Waals surface area contributed by atoms with Gasteiger partial charge in [0.2, 0.25) is 0 Å². The zero-order chi connectivity index (χ0) is 14.4. The molecule has 0 radical (unpaired) electrons. The highest BCUT2D eigenvalue weighted by molar-refractivity contribution is 5.87. The average molecular weight is 306 g/mol. The van der Waals surface area contributed by atoms with Crippen molar-refractivity contribution in [3.05, 3.63) is 42.0 Å². The summed E-state index contributed by atoms with van der Waals surface area (Å²) in [6, 6.07) is 12.1. The predicted octanol–water partition coefficient (Wildman–Crippen LogP) is 2.74. The summed E-state index contributed by atoms with van der Waals surface area (Å²) in [5, 5.41) is 14.9. The molecule has 2 aromatic rings. The van der Waals surface area contributed by atoms with E-state index in [1.54, 1.807) is 6.92 Å². The number of halogens is 1. The quantitative estimate of drug-likeness (QED) is 0.806. The van der Waals surface area contributed by atoms with Crippen LogP contribution in [0.5, 0.6) is 5.75 Å². The third-order valence-electron chi connectivity index (χ3n) is 3.05. The zero-order valence-electron chi connectivity index (χ0n) is 12.0. The Hall–Kier alpha value is -1.73. The van der Waals surface area contributed by atoms with Crippen LogP contribution in [-0.4, -0.2) is 24.4 Å². The Morgan fingerprint density at radius 2 is 2.05 bits per heavy atom. The number of fused-ring (bicyclic) bond motifs is 1. The van der Waals surface area contributed by atoms with Crippen LogP contribution in [0.2, 0.25) is 0 Å². The molecule has 1 atom stereocenters. The van der Waals surface area contributed by atoms with Gasteiger partial charge in [-0.25, -0.2) is 0 Å². The second-order valence-electron chi connectivity index (χ2n) is 4.74. The lowest BCUT2D eigenvalue weighted by atomic mass is 10.0. The van der Waals surface area contributed by atoms with Gasteiger partial charge in [0.05, 0.1) is 6.10 Å². The van der Waals surface area contributed by atoms with E-state index in [2.05, 4.69) is 23.4 Å². The van der Waals surface area contributed by atoms with Crippen molar-refractivity contribution < 1.29 is 9.84 Å². The number of aliphatic hydroxyl groups is 1. The van der Waals surface area contributed by atoms with Gasteiger partial charge in [-0.05, 0) is 23.8 Å². The summed E-state index contributed by atoms with van der Waals surface area (Å²) in [6.07, 6.45) is 4.88. The first-order chi connectivity index (χ1) is 9.72. The fourth-order valence-corrected chi connectivity index (χ4v) is 2.16. The Morgan fingerprint density at radius 1 is 1.29 bits per heavy atom. The molecule has 0 spiro atoms. The molecule has 0 bridgehead atoms. The van der Waals surface area contributed by atoms with Gasteiger partial charge in [-0.2, -0.15) is 0 Å². The van der Waals surface area contributed by atoms with Crippen LogP contribution in [0.15, 0.2) is 36.4 Å². The van der Waals surface area contributed by atoms with Gasteiger partial charge in [0.25, 0.3) is 0 Å². The summed E-state index contributed by atoms with van der Waals surface area (Å²) >= 11 is 0. The summed E-state index contributed by atoms with van der Waals surface area (Å²) in [5.41, 5.74) is 1.07. The molecule has 1 unspecified atom stereocenters. The first kappa shape index (κ1) is 17.3. The number of ether oxygens (including phenoxy) is 1. The van der Waals surface area contributed by atoms with E-state index in [-0.39, 0.29) is 25.1 Å². The fraction of sp³-hybridized carbons (Fsp3) is 0.294. The number of aliphatic hydroxyl groups excluding tert-OH is 1. The van der Waals surface area contributed by atoms with Gasteiger partial charge in [0.1, 0.15) is 12.4 Å². The van der Waals surface area contributed by atoms with Crippen molar-refractivity contribution in [1.82, 2.24) is 5.32 Å². The Kier molecular flexibility index (Phi) is 7.04. The van der Waals surface area contributed by atoms with Crippen molar-refractivity contribution in [3.8, 4) is 18.1 Å². The smallest absolute Gasteiger partial charge is 0.148 e. The van der Waals surface area contributed by atoms with Crippen LogP contribution in [0, 0.1) is 12.3 Å². The maximum Gasteiger partial charge on any atom is 0.148 e. The second-order valence-corrected chi connectivity index (χ2v) is 4.74. The molecule has 3 nitrogen and oxygen atoms in total. The van der Waals surface area contributed by atoms with Gasteiger partial charge in [-0.3, -0.25) is 0 Å². The minimum Gasteiger partial charge on any atom is -0.481 e. The molecule has 0 aliphatic heterocycles. The Balaban J connectivity index is 0.00000220. The van der Waals surface area contributed by atoms with E-state index in [1.807, 2.05) is 24.3 Å². The normalized spacial score (nSPS) is 11.5. The zero-order valence-corrected chi connectivity index (χ0v) is 12.8. The molecule has 2 N–H and O–H groups in total. The molecule has 0 saturated heterocycles. The topological polar surface area (TPSA) is 41.5 Å². The van der Waals surface area contributed by atoms with Crippen LogP contribution in [0.3, 0.4) is 0 Å². The lowest BCUT2D eigenvalue weighted by Gasteiger charge is -2.14. The number of benzene rings is 2. The molecule has 4 heteroatoms. The molecule has 0 saturated carbocycles. The van der Waals surface area contributed by atoms with Gasteiger partial charge in [0, 0.05) is 18.7 Å². The number of hydrogen-bond acceptors (Lipinski definition) is 3. The highest BCUT2D eigenvalue weighted by atomic mass is 35.5. The summed E-state index contributed by atoms with van der Waals surface area (Å²) in [4.78, 5) is 0. The van der Waals surface area contributed by atoms with Gasteiger partial charge in [-0.1, -0.05) is 36.3 Å². The van der Waals surface area contributed by atoms with Gasteiger partial charge in [-0.15, -0.1) is 18.8 Å². The summed E-state index contributed by atoms with van der Waals surface area (Å²) in [6.45, 7) is 3.18. The van der Waals surface area contributed by atoms with Crippen molar-refractivity contribution in [2.45, 2.75) is 19.6 Å². The van der Waals surface area contributed by atoms with Crippen LogP contribution in [0.4, 0.5) is 0 Å². The lowest BCUT2D eigenvalue weighted by molar-refractivity contribution is 0.191. The average Bonchev–Trinajstić information content (AvgIpc) is 2.45. The molecule has 0 aliphatic rings. The summed E-state index contributed by atoms with van der Waals surface area (Å²) in [5.74, 6) is 3.27. The summed E-state index contributed by atoms with van der Waals surface area (Å²) < 4.78 is 5.61. The molecule has 2 rings (SSSR count). The molecule has 2 aromatic carbocycles. The molecule has 21 heavy (non-hydrogen) atoms. The summed E-state index contributed by atoms with van der Waals surface area (Å²) in [7, 11) is 0. The molecule has 0 aromatic heterocycles. The van der Waals surface area contributed by atoms with E-state index in [4.69, 9.17) is 11.2 Å². The molecular weight excluding hydrogens is 286 g/mol. The second kappa shape index (κ2) is 8.53. The van der Waals surface area contributed by atoms with Crippen LogP contribution in [0.25, 0.3) is 10.8 Å². The van der Waals surface area contributed by atoms with Crippen molar-refractivity contribution in [2.24, 2.45) is 0 Å². The van der Waals surface area contributed by atoms with Gasteiger partial charge >= 0.3 is 0 Å². The Labute approximate surface area is 131 Å². The monoisotopic (exact) mass is 305 g/mol. The Bertz CT molecular complexity index is 620. The van der Waals surface area contributed by atoms with Crippen LogP contribution in [-0.2, 0) is 6.54 Å². The SMILES string of the molecule is C#CCOc1ccc2ccccc2c1CNCC(C)O.Cl. The lowest BCUT2D eigenvalue weighted by Crippen LogP contribution is -2.24. The van der Waals surface area contributed by atoms with E-state index < -0.39 is 0 Å². The first-order valence-corrected chi connectivity index (χ1v) is 6.68. The van der Waals surface area contributed by atoms with E-state index >= 15 is 0 Å². The third-order valence-corrected chi connectivity index (χ3v) is 3.05. The number of nitrogens with one attached hydrogen (secondary N) is 1. The van der Waals surface area contributed by atoms with Crippen molar-refractivity contribution in [1.29, 1.82) is 0 Å². The molecule has 112 valence electrons. The number of terminal acetylenes is 1. The molecule has 0 fully saturated rings. The molecule has 0 amide bonds. The number of rotatable bonds is 6. The van der Waals surface area contributed by atoms with E-state index in [1.165, 1.54) is 0 Å². The maximum absolute atomic E-state index is 9.33. The Morgan fingerprint density at radius 3 is 2.76 bits per heavy atom. The van der Waals surface area contributed by atoms with Crippen LogP contribution >= 0.6 is 12.4 Å². The fourth-order valence-electron chi connectivity index (χ4n) is 2.16. The molecule has 0 heterocycles. The van der Waals surface area contributed by atoms with Gasteiger partial charge < -0.3 is 15.2 Å².